The van der Waals surface area contributed by atoms with Crippen LogP contribution in [-0.4, -0.2) is 22.1 Å². The Morgan fingerprint density at radius 1 is 1.08 bits per heavy atom. The van der Waals surface area contributed by atoms with Crippen molar-refractivity contribution in [3.05, 3.63) is 71.9 Å². The van der Waals surface area contributed by atoms with Crippen molar-refractivity contribution in [2.24, 2.45) is 0 Å². The van der Waals surface area contributed by atoms with E-state index in [1.54, 1.807) is 37.8 Å². The molecule has 3 rings (SSSR count). The van der Waals surface area contributed by atoms with Gasteiger partial charge in [0.15, 0.2) is 0 Å². The molecular weight excluding hydrogens is 333 g/mol. The predicted molar refractivity (Wildman–Crippen MR) is 98.7 cm³/mol. The van der Waals surface area contributed by atoms with Gasteiger partial charge in [-0.15, -0.1) is 0 Å². The zero-order valence-corrected chi connectivity index (χ0v) is 14.6. The van der Waals surface area contributed by atoms with E-state index in [2.05, 4.69) is 25.6 Å². The summed E-state index contributed by atoms with van der Waals surface area (Å²) in [6.45, 7) is 2.45. The first-order valence-corrected chi connectivity index (χ1v) is 8.19. The van der Waals surface area contributed by atoms with Gasteiger partial charge in [0.2, 0.25) is 0 Å². The number of benzene rings is 1. The van der Waals surface area contributed by atoms with Gasteiger partial charge in [0.05, 0.1) is 12.8 Å². The first-order chi connectivity index (χ1) is 12.6. The zero-order chi connectivity index (χ0) is 18.4. The highest BCUT2D eigenvalue weighted by atomic mass is 19.1. The number of methoxy groups -OCH3 is 1. The Morgan fingerprint density at radius 3 is 2.54 bits per heavy atom. The zero-order valence-electron chi connectivity index (χ0n) is 14.6. The largest absolute Gasteiger partial charge is 0.380 e. The first kappa shape index (κ1) is 17.8. The molecule has 0 radical (unpaired) electrons. The molecule has 26 heavy (non-hydrogen) atoms. The number of hydrogen-bond donors (Lipinski definition) is 2. The van der Waals surface area contributed by atoms with E-state index in [1.807, 2.05) is 19.1 Å². The molecule has 0 amide bonds. The van der Waals surface area contributed by atoms with E-state index in [1.165, 1.54) is 12.1 Å². The third kappa shape index (κ3) is 4.73. The van der Waals surface area contributed by atoms with Crippen LogP contribution in [-0.2, 0) is 11.3 Å². The molecule has 0 saturated carbocycles. The number of hydrogen-bond acceptors (Lipinski definition) is 6. The van der Waals surface area contributed by atoms with Crippen LogP contribution in [0.5, 0.6) is 0 Å². The van der Waals surface area contributed by atoms with Crippen LogP contribution in [0.1, 0.15) is 24.1 Å². The second kappa shape index (κ2) is 8.35. The number of nitrogens with zero attached hydrogens (tertiary/aromatic N) is 3. The summed E-state index contributed by atoms with van der Waals surface area (Å²) in [5.41, 5.74) is 1.93. The molecule has 2 heterocycles. The minimum atomic E-state index is -0.253. The smallest absolute Gasteiger partial charge is 0.150 e. The van der Waals surface area contributed by atoms with Crippen molar-refractivity contribution in [2.45, 2.75) is 19.6 Å². The fraction of sp³-hybridized carbons (Fsp3) is 0.211. The van der Waals surface area contributed by atoms with Crippen molar-refractivity contribution < 1.29 is 9.13 Å². The number of halogens is 1. The molecule has 0 spiro atoms. The molecule has 2 N–H and O–H groups in total. The van der Waals surface area contributed by atoms with Crippen LogP contribution < -0.4 is 10.6 Å². The van der Waals surface area contributed by atoms with Crippen molar-refractivity contribution >= 4 is 17.5 Å². The second-order valence-electron chi connectivity index (χ2n) is 5.81. The molecule has 0 aliphatic heterocycles. The third-order valence-corrected chi connectivity index (χ3v) is 3.75. The molecule has 0 saturated heterocycles. The van der Waals surface area contributed by atoms with E-state index >= 15 is 0 Å². The van der Waals surface area contributed by atoms with E-state index < -0.39 is 0 Å². The van der Waals surface area contributed by atoms with Crippen molar-refractivity contribution in [3.63, 3.8) is 0 Å². The average molecular weight is 353 g/mol. The van der Waals surface area contributed by atoms with Gasteiger partial charge in [-0.1, -0.05) is 12.1 Å². The number of aromatic nitrogens is 3. The molecule has 0 bridgehead atoms. The van der Waals surface area contributed by atoms with Crippen LogP contribution in [0.3, 0.4) is 0 Å². The van der Waals surface area contributed by atoms with Gasteiger partial charge in [-0.2, -0.15) is 0 Å². The van der Waals surface area contributed by atoms with Gasteiger partial charge in [-0.25, -0.2) is 14.4 Å². The molecular formula is C19H20FN5O. The number of ether oxygens (including phenoxy) is 1. The third-order valence-electron chi connectivity index (χ3n) is 3.75. The standard InChI is InChI=1S/C19H20FN5O/c1-13(15-3-5-16(20)6-4-15)23-17-9-14(12-26-2)10-18(24-17)25-19-11-21-7-8-22-19/h3-11,13H,12H2,1-2H3,(H2,22,23,24,25). The lowest BCUT2D eigenvalue weighted by Gasteiger charge is -2.17. The van der Waals surface area contributed by atoms with Crippen molar-refractivity contribution in [3.8, 4) is 0 Å². The average Bonchev–Trinajstić information content (AvgIpc) is 2.63. The van der Waals surface area contributed by atoms with Crippen LogP contribution in [0.2, 0.25) is 0 Å². The van der Waals surface area contributed by atoms with Gasteiger partial charge in [0.25, 0.3) is 0 Å². The highest BCUT2D eigenvalue weighted by molar-refractivity contribution is 5.56. The first-order valence-electron chi connectivity index (χ1n) is 8.19. The van der Waals surface area contributed by atoms with Gasteiger partial charge in [0, 0.05) is 25.5 Å². The summed E-state index contributed by atoms with van der Waals surface area (Å²) in [4.78, 5) is 12.8. The summed E-state index contributed by atoms with van der Waals surface area (Å²) in [5, 5.41) is 6.47. The highest BCUT2D eigenvalue weighted by Gasteiger charge is 2.09. The molecule has 2 aromatic heterocycles. The molecule has 134 valence electrons. The van der Waals surface area contributed by atoms with Crippen molar-refractivity contribution in [1.82, 2.24) is 15.0 Å². The lowest BCUT2D eigenvalue weighted by molar-refractivity contribution is 0.185. The lowest BCUT2D eigenvalue weighted by atomic mass is 10.1. The minimum Gasteiger partial charge on any atom is -0.380 e. The van der Waals surface area contributed by atoms with Crippen LogP contribution >= 0.6 is 0 Å². The molecule has 3 aromatic rings. The summed E-state index contributed by atoms with van der Waals surface area (Å²) >= 11 is 0. The van der Waals surface area contributed by atoms with Gasteiger partial charge < -0.3 is 15.4 Å². The SMILES string of the molecule is COCc1cc(Nc2cnccn2)nc(NC(C)c2ccc(F)cc2)c1. The molecule has 7 heteroatoms. The lowest BCUT2D eigenvalue weighted by Crippen LogP contribution is -2.09. The maximum Gasteiger partial charge on any atom is 0.150 e. The summed E-state index contributed by atoms with van der Waals surface area (Å²) in [6.07, 6.45) is 4.84. The second-order valence-corrected chi connectivity index (χ2v) is 5.81. The van der Waals surface area contributed by atoms with E-state index in [0.717, 1.165) is 11.1 Å². The van der Waals surface area contributed by atoms with E-state index in [-0.39, 0.29) is 11.9 Å². The molecule has 0 fully saturated rings. The van der Waals surface area contributed by atoms with Gasteiger partial charge in [-0.05, 0) is 42.3 Å². The normalized spacial score (nSPS) is 11.8. The fourth-order valence-electron chi connectivity index (χ4n) is 2.53. The molecule has 1 atom stereocenters. The number of anilines is 3. The molecule has 6 nitrogen and oxygen atoms in total. The van der Waals surface area contributed by atoms with Crippen LogP contribution in [0.25, 0.3) is 0 Å². The number of rotatable bonds is 7. The van der Waals surface area contributed by atoms with E-state index in [0.29, 0.717) is 24.1 Å². The Kier molecular flexibility index (Phi) is 5.70. The molecule has 1 aromatic carbocycles. The highest BCUT2D eigenvalue weighted by Crippen LogP contribution is 2.22. The monoisotopic (exact) mass is 353 g/mol. The van der Waals surface area contributed by atoms with Crippen molar-refractivity contribution in [2.75, 3.05) is 17.7 Å². The Bertz CT molecular complexity index is 842. The Balaban J connectivity index is 1.82. The maximum absolute atomic E-state index is 13.1. The quantitative estimate of drug-likeness (QED) is 0.667. The van der Waals surface area contributed by atoms with Crippen LogP contribution in [0, 0.1) is 5.82 Å². The number of nitrogens with one attached hydrogen (secondary N) is 2. The fourth-order valence-corrected chi connectivity index (χ4v) is 2.53. The van der Waals surface area contributed by atoms with Crippen LogP contribution in [0.15, 0.2) is 55.0 Å². The Morgan fingerprint density at radius 2 is 1.85 bits per heavy atom. The number of pyridine rings is 1. The maximum atomic E-state index is 13.1. The van der Waals surface area contributed by atoms with Gasteiger partial charge in [0.1, 0.15) is 23.3 Å². The van der Waals surface area contributed by atoms with E-state index in [4.69, 9.17) is 4.74 Å². The molecule has 0 aliphatic rings. The van der Waals surface area contributed by atoms with Gasteiger partial charge >= 0.3 is 0 Å². The Labute approximate surface area is 151 Å². The summed E-state index contributed by atoms with van der Waals surface area (Å²) in [5.74, 6) is 1.67. The summed E-state index contributed by atoms with van der Waals surface area (Å²) in [6, 6.07) is 10.2. The summed E-state index contributed by atoms with van der Waals surface area (Å²) in [7, 11) is 1.64. The predicted octanol–water partition coefficient (Wildman–Crippen LogP) is 4.07. The van der Waals surface area contributed by atoms with Crippen molar-refractivity contribution in [1.29, 1.82) is 0 Å². The summed E-state index contributed by atoms with van der Waals surface area (Å²) < 4.78 is 18.3. The Hall–Kier alpha value is -3.06. The van der Waals surface area contributed by atoms with E-state index in [9.17, 15) is 4.39 Å². The van der Waals surface area contributed by atoms with Crippen LogP contribution in [0.4, 0.5) is 21.8 Å². The minimum absolute atomic E-state index is 0.0368. The topological polar surface area (TPSA) is 72.0 Å². The molecule has 0 aliphatic carbocycles. The van der Waals surface area contributed by atoms with Gasteiger partial charge in [-0.3, -0.25) is 4.98 Å². The molecule has 1 unspecified atom stereocenters.